The summed E-state index contributed by atoms with van der Waals surface area (Å²) in [6.07, 6.45) is 7.75. The maximum atomic E-state index is 11.7. The summed E-state index contributed by atoms with van der Waals surface area (Å²) >= 11 is 0. The van der Waals surface area contributed by atoms with Crippen LogP contribution >= 0.6 is 0 Å². The van der Waals surface area contributed by atoms with Crippen molar-refractivity contribution in [3.63, 3.8) is 0 Å². The highest BCUT2D eigenvalue weighted by molar-refractivity contribution is 6.01. The highest BCUT2D eigenvalue weighted by Crippen LogP contribution is 2.16. The number of rotatable bonds is 6. The van der Waals surface area contributed by atoms with E-state index in [-0.39, 0.29) is 5.91 Å². The van der Waals surface area contributed by atoms with Crippen molar-refractivity contribution in [2.45, 2.75) is 25.7 Å². The molecule has 0 aromatic heterocycles. The second-order valence-electron chi connectivity index (χ2n) is 4.00. The van der Waals surface area contributed by atoms with E-state index in [2.05, 4.69) is 16.0 Å². The van der Waals surface area contributed by atoms with Crippen molar-refractivity contribution in [1.82, 2.24) is 0 Å². The number of ether oxygens (including phenoxy) is 1. The topological polar surface area (TPSA) is 55.4 Å². The third kappa shape index (κ3) is 4.84. The van der Waals surface area contributed by atoms with E-state index in [1.165, 1.54) is 7.11 Å². The molecule has 4 nitrogen and oxygen atoms in total. The predicted octanol–water partition coefficient (Wildman–Crippen LogP) is 2.61. The highest BCUT2D eigenvalue weighted by atomic mass is 16.5. The molecule has 0 saturated heterocycles. The average molecular weight is 259 g/mol. The zero-order valence-corrected chi connectivity index (χ0v) is 10.9. The van der Waals surface area contributed by atoms with Crippen molar-refractivity contribution in [2.24, 2.45) is 0 Å². The van der Waals surface area contributed by atoms with E-state index in [0.29, 0.717) is 24.1 Å². The molecule has 0 bridgehead atoms. The molecule has 19 heavy (non-hydrogen) atoms. The quantitative estimate of drug-likeness (QED) is 0.485. The minimum absolute atomic E-state index is 0.131. The summed E-state index contributed by atoms with van der Waals surface area (Å²) in [7, 11) is 1.31. The van der Waals surface area contributed by atoms with E-state index >= 15 is 0 Å². The van der Waals surface area contributed by atoms with Gasteiger partial charge in [-0.05, 0) is 25.0 Å². The van der Waals surface area contributed by atoms with Gasteiger partial charge in [-0.1, -0.05) is 12.1 Å². The van der Waals surface area contributed by atoms with Crippen LogP contribution in [0.4, 0.5) is 5.69 Å². The molecule has 0 unspecified atom stereocenters. The number of unbranched alkanes of at least 4 members (excludes halogenated alkanes) is 2. The van der Waals surface area contributed by atoms with Crippen LogP contribution in [0.3, 0.4) is 0 Å². The van der Waals surface area contributed by atoms with Gasteiger partial charge in [0.2, 0.25) is 5.91 Å². The van der Waals surface area contributed by atoms with Gasteiger partial charge in [-0.15, -0.1) is 12.3 Å². The average Bonchev–Trinajstić information content (AvgIpc) is 2.43. The Kier molecular flexibility index (Phi) is 6.17. The number of amides is 1. The Hall–Kier alpha value is -2.28. The van der Waals surface area contributed by atoms with E-state index in [9.17, 15) is 9.59 Å². The van der Waals surface area contributed by atoms with Gasteiger partial charge in [0.15, 0.2) is 0 Å². The van der Waals surface area contributed by atoms with E-state index in [0.717, 1.165) is 12.8 Å². The maximum Gasteiger partial charge on any atom is 0.339 e. The number of anilines is 1. The molecular formula is C15H17NO3. The lowest BCUT2D eigenvalue weighted by Crippen LogP contribution is -2.14. The van der Waals surface area contributed by atoms with Crippen LogP contribution in [-0.2, 0) is 9.53 Å². The first-order chi connectivity index (χ1) is 9.19. The number of hydrogen-bond acceptors (Lipinski definition) is 3. The number of terminal acetylenes is 1. The van der Waals surface area contributed by atoms with Crippen LogP contribution < -0.4 is 5.32 Å². The van der Waals surface area contributed by atoms with Crippen molar-refractivity contribution >= 4 is 17.6 Å². The minimum Gasteiger partial charge on any atom is -0.465 e. The lowest BCUT2D eigenvalue weighted by molar-refractivity contribution is -0.116. The monoisotopic (exact) mass is 259 g/mol. The molecule has 0 fully saturated rings. The van der Waals surface area contributed by atoms with Gasteiger partial charge in [-0.2, -0.15) is 0 Å². The molecule has 0 saturated carbocycles. The standard InChI is InChI=1S/C15H17NO3/c1-3-4-5-6-11-14(17)16-13-10-8-7-9-12(13)15(18)19-2/h1,7-10H,4-6,11H2,2H3,(H,16,17). The van der Waals surface area contributed by atoms with E-state index < -0.39 is 5.97 Å². The summed E-state index contributed by atoms with van der Waals surface area (Å²) in [5.41, 5.74) is 0.818. The first-order valence-electron chi connectivity index (χ1n) is 6.09. The zero-order chi connectivity index (χ0) is 14.1. The van der Waals surface area contributed by atoms with Crippen LogP contribution in [0.15, 0.2) is 24.3 Å². The van der Waals surface area contributed by atoms with Crippen LogP contribution in [0.1, 0.15) is 36.0 Å². The summed E-state index contributed by atoms with van der Waals surface area (Å²) in [4.78, 5) is 23.2. The van der Waals surface area contributed by atoms with Gasteiger partial charge in [0.05, 0.1) is 18.4 Å². The molecule has 0 aliphatic heterocycles. The molecule has 1 aromatic rings. The summed E-state index contributed by atoms with van der Waals surface area (Å²) < 4.78 is 4.66. The van der Waals surface area contributed by atoms with Gasteiger partial charge in [0.25, 0.3) is 0 Å². The number of esters is 1. The second kappa shape index (κ2) is 7.93. The summed E-state index contributed by atoms with van der Waals surface area (Å²) in [6, 6.07) is 6.75. The molecule has 1 rings (SSSR count). The zero-order valence-electron chi connectivity index (χ0n) is 10.9. The normalized spacial score (nSPS) is 9.47. The van der Waals surface area contributed by atoms with Gasteiger partial charge in [-0.25, -0.2) is 4.79 Å². The number of methoxy groups -OCH3 is 1. The van der Waals surface area contributed by atoms with Crippen molar-refractivity contribution in [3.05, 3.63) is 29.8 Å². The number of carbonyl (C=O) groups is 2. The van der Waals surface area contributed by atoms with Crippen LogP contribution in [0, 0.1) is 12.3 Å². The van der Waals surface area contributed by atoms with Crippen molar-refractivity contribution in [3.8, 4) is 12.3 Å². The van der Waals surface area contributed by atoms with Crippen molar-refractivity contribution < 1.29 is 14.3 Å². The maximum absolute atomic E-state index is 11.7. The number of hydrogen-bond donors (Lipinski definition) is 1. The van der Waals surface area contributed by atoms with Crippen molar-refractivity contribution in [2.75, 3.05) is 12.4 Å². The molecule has 4 heteroatoms. The van der Waals surface area contributed by atoms with Crippen LogP contribution in [0.25, 0.3) is 0 Å². The molecule has 1 aromatic carbocycles. The van der Waals surface area contributed by atoms with E-state index in [1.807, 2.05) is 0 Å². The van der Waals surface area contributed by atoms with Gasteiger partial charge >= 0.3 is 5.97 Å². The first-order valence-corrected chi connectivity index (χ1v) is 6.09. The minimum atomic E-state index is -0.469. The lowest BCUT2D eigenvalue weighted by atomic mass is 10.1. The fraction of sp³-hybridized carbons (Fsp3) is 0.333. The number of benzene rings is 1. The summed E-state index contributed by atoms with van der Waals surface area (Å²) in [6.45, 7) is 0. The number of nitrogens with one attached hydrogen (secondary N) is 1. The fourth-order valence-electron chi connectivity index (χ4n) is 1.61. The molecule has 1 N–H and O–H groups in total. The molecule has 0 spiro atoms. The second-order valence-corrected chi connectivity index (χ2v) is 4.00. The Bertz CT molecular complexity index is 488. The summed E-state index contributed by atoms with van der Waals surface area (Å²) in [5.74, 6) is 1.93. The molecule has 0 aliphatic rings. The molecule has 1 amide bonds. The SMILES string of the molecule is C#CCCCCC(=O)Nc1ccccc1C(=O)OC. The molecule has 0 radical (unpaired) electrons. The molecule has 100 valence electrons. The highest BCUT2D eigenvalue weighted by Gasteiger charge is 2.12. The van der Waals surface area contributed by atoms with Crippen molar-refractivity contribution in [1.29, 1.82) is 0 Å². The molecular weight excluding hydrogens is 242 g/mol. The smallest absolute Gasteiger partial charge is 0.339 e. The Labute approximate surface area is 113 Å². The number of para-hydroxylation sites is 1. The van der Waals surface area contributed by atoms with Gasteiger partial charge < -0.3 is 10.1 Å². The first kappa shape index (κ1) is 14.8. The van der Waals surface area contributed by atoms with Crippen LogP contribution in [0.5, 0.6) is 0 Å². The molecule has 0 aliphatic carbocycles. The van der Waals surface area contributed by atoms with E-state index in [4.69, 9.17) is 6.42 Å². The number of carbonyl (C=O) groups excluding carboxylic acids is 2. The Morgan fingerprint density at radius 1 is 1.32 bits per heavy atom. The Morgan fingerprint density at radius 3 is 2.74 bits per heavy atom. The van der Waals surface area contributed by atoms with E-state index in [1.54, 1.807) is 24.3 Å². The lowest BCUT2D eigenvalue weighted by Gasteiger charge is -2.09. The van der Waals surface area contributed by atoms with Gasteiger partial charge in [0, 0.05) is 12.8 Å². The largest absolute Gasteiger partial charge is 0.465 e. The van der Waals surface area contributed by atoms with Crippen LogP contribution in [-0.4, -0.2) is 19.0 Å². The molecule has 0 atom stereocenters. The van der Waals surface area contributed by atoms with Gasteiger partial charge in [-0.3, -0.25) is 4.79 Å². The van der Waals surface area contributed by atoms with Crippen LogP contribution in [0.2, 0.25) is 0 Å². The predicted molar refractivity (Wildman–Crippen MR) is 73.7 cm³/mol. The Balaban J connectivity index is 2.59. The Morgan fingerprint density at radius 2 is 2.05 bits per heavy atom. The summed E-state index contributed by atoms with van der Waals surface area (Å²) in [5, 5.41) is 2.71. The third-order valence-electron chi connectivity index (χ3n) is 2.58. The molecule has 0 heterocycles. The third-order valence-corrected chi connectivity index (χ3v) is 2.58. The van der Waals surface area contributed by atoms with Gasteiger partial charge in [0.1, 0.15) is 0 Å². The fourth-order valence-corrected chi connectivity index (χ4v) is 1.61.